The van der Waals surface area contributed by atoms with Gasteiger partial charge in [-0.15, -0.1) is 5.10 Å². The molecule has 1 atom stereocenters. The first-order valence-corrected chi connectivity index (χ1v) is 8.42. The van der Waals surface area contributed by atoms with Crippen molar-refractivity contribution in [2.24, 2.45) is 5.10 Å². The second-order valence-electron chi connectivity index (χ2n) is 5.82. The molecule has 0 N–H and O–H groups in total. The molecule has 2 aromatic carbocycles. The number of hydrogen-bond donors (Lipinski definition) is 0. The molecule has 2 aromatic rings. The molecule has 0 fully saturated rings. The molecule has 0 unspecified atom stereocenters. The minimum absolute atomic E-state index is 0.0158. The predicted molar refractivity (Wildman–Crippen MR) is 98.7 cm³/mol. The van der Waals surface area contributed by atoms with Crippen molar-refractivity contribution in [2.45, 2.75) is 20.1 Å². The first-order chi connectivity index (χ1) is 13.3. The third-order valence-electron chi connectivity index (χ3n) is 3.78. The average molecular weight is 404 g/mol. The van der Waals surface area contributed by atoms with E-state index >= 15 is 0 Å². The van der Waals surface area contributed by atoms with Crippen LogP contribution in [0.2, 0.25) is 5.02 Å². The first kappa shape index (κ1) is 19.3. The van der Waals surface area contributed by atoms with Crippen LogP contribution in [0, 0.1) is 10.1 Å². The second-order valence-corrected chi connectivity index (χ2v) is 6.23. The van der Waals surface area contributed by atoms with Crippen molar-refractivity contribution in [3.05, 3.63) is 68.7 Å². The van der Waals surface area contributed by atoms with Crippen molar-refractivity contribution >= 4 is 35.1 Å². The second kappa shape index (κ2) is 7.65. The van der Waals surface area contributed by atoms with Crippen LogP contribution >= 0.6 is 11.6 Å². The molecular weight excluding hydrogens is 390 g/mol. The Morgan fingerprint density at radius 2 is 1.89 bits per heavy atom. The minimum Gasteiger partial charge on any atom is -0.446 e. The molecular formula is C18H14ClN3O6. The lowest BCUT2D eigenvalue weighted by Gasteiger charge is -2.19. The summed E-state index contributed by atoms with van der Waals surface area (Å²) >= 11 is 6.14. The number of halogens is 1. The number of rotatable bonds is 4. The van der Waals surface area contributed by atoms with Crippen molar-refractivity contribution < 1.29 is 24.0 Å². The molecule has 1 aliphatic rings. The van der Waals surface area contributed by atoms with Gasteiger partial charge in [-0.2, -0.15) is 5.01 Å². The standard InChI is InChI=1S/C18H14ClN3O6/c1-10(23)21-18(12-3-6-14(7-4-12)27-11(2)24)28-17(20-21)15-9-13(22(25)26)5-8-16(15)19/h3-9,18H,1-2H3/t18-/m1/s1. The molecule has 0 bridgehead atoms. The minimum atomic E-state index is -0.894. The van der Waals surface area contributed by atoms with E-state index in [9.17, 15) is 19.7 Å². The summed E-state index contributed by atoms with van der Waals surface area (Å²) in [5.41, 5.74) is 0.571. The van der Waals surface area contributed by atoms with E-state index in [0.29, 0.717) is 11.3 Å². The predicted octanol–water partition coefficient (Wildman–Crippen LogP) is 3.41. The van der Waals surface area contributed by atoms with Crippen LogP contribution < -0.4 is 4.74 Å². The lowest BCUT2D eigenvalue weighted by molar-refractivity contribution is -0.384. The highest BCUT2D eigenvalue weighted by Crippen LogP contribution is 2.33. The zero-order valence-electron chi connectivity index (χ0n) is 14.8. The van der Waals surface area contributed by atoms with E-state index in [1.807, 2.05) is 0 Å². The Bertz CT molecular complexity index is 989. The van der Waals surface area contributed by atoms with Crippen molar-refractivity contribution in [3.63, 3.8) is 0 Å². The molecule has 0 saturated heterocycles. The number of hydrazone groups is 1. The van der Waals surface area contributed by atoms with Gasteiger partial charge in [0.1, 0.15) is 5.75 Å². The lowest BCUT2D eigenvalue weighted by Crippen LogP contribution is -2.25. The van der Waals surface area contributed by atoms with E-state index in [2.05, 4.69) is 5.10 Å². The van der Waals surface area contributed by atoms with Crippen LogP contribution in [0.3, 0.4) is 0 Å². The van der Waals surface area contributed by atoms with Gasteiger partial charge in [0.25, 0.3) is 5.69 Å². The molecule has 1 amide bonds. The molecule has 0 saturated carbocycles. The molecule has 10 heteroatoms. The summed E-state index contributed by atoms with van der Waals surface area (Å²) in [7, 11) is 0. The maximum absolute atomic E-state index is 12.0. The van der Waals surface area contributed by atoms with E-state index in [-0.39, 0.29) is 22.2 Å². The number of carbonyl (C=O) groups is 2. The summed E-state index contributed by atoms with van der Waals surface area (Å²) in [5.74, 6) is -0.531. The zero-order chi connectivity index (χ0) is 20.4. The van der Waals surface area contributed by atoms with Crippen molar-refractivity contribution in [1.82, 2.24) is 5.01 Å². The number of nitro benzene ring substituents is 1. The average Bonchev–Trinajstić information content (AvgIpc) is 3.07. The van der Waals surface area contributed by atoms with Gasteiger partial charge in [0.15, 0.2) is 0 Å². The van der Waals surface area contributed by atoms with Gasteiger partial charge in [0.05, 0.1) is 15.5 Å². The van der Waals surface area contributed by atoms with Crippen LogP contribution in [0.1, 0.15) is 31.2 Å². The number of benzene rings is 2. The molecule has 0 aliphatic carbocycles. The zero-order valence-corrected chi connectivity index (χ0v) is 15.5. The number of hydrogen-bond acceptors (Lipinski definition) is 7. The van der Waals surface area contributed by atoms with E-state index < -0.39 is 23.0 Å². The topological polar surface area (TPSA) is 111 Å². The highest BCUT2D eigenvalue weighted by atomic mass is 35.5. The monoisotopic (exact) mass is 403 g/mol. The normalized spacial score (nSPS) is 15.6. The van der Waals surface area contributed by atoms with Gasteiger partial charge in [-0.1, -0.05) is 11.6 Å². The Labute approximate surface area is 164 Å². The number of nitro groups is 1. The fourth-order valence-electron chi connectivity index (χ4n) is 2.55. The Balaban J connectivity index is 1.93. The van der Waals surface area contributed by atoms with Crippen molar-refractivity contribution in [2.75, 3.05) is 0 Å². The van der Waals surface area contributed by atoms with Gasteiger partial charge in [-0.05, 0) is 30.3 Å². The van der Waals surface area contributed by atoms with E-state index in [0.717, 1.165) is 5.01 Å². The highest BCUT2D eigenvalue weighted by Gasteiger charge is 2.34. The molecule has 1 heterocycles. The largest absolute Gasteiger partial charge is 0.446 e. The summed E-state index contributed by atoms with van der Waals surface area (Å²) < 4.78 is 10.8. The molecule has 0 spiro atoms. The summed E-state index contributed by atoms with van der Waals surface area (Å²) in [6, 6.07) is 10.2. The van der Waals surface area contributed by atoms with Gasteiger partial charge in [0.2, 0.25) is 18.0 Å². The van der Waals surface area contributed by atoms with Crippen LogP contribution in [0.4, 0.5) is 5.69 Å². The number of nitrogens with zero attached hydrogens (tertiary/aromatic N) is 3. The molecule has 144 valence electrons. The van der Waals surface area contributed by atoms with Crippen LogP contribution in [0.5, 0.6) is 5.75 Å². The summed E-state index contributed by atoms with van der Waals surface area (Å²) in [5, 5.41) is 16.5. The first-order valence-electron chi connectivity index (χ1n) is 8.04. The smallest absolute Gasteiger partial charge is 0.308 e. The molecule has 1 aliphatic heterocycles. The third-order valence-corrected chi connectivity index (χ3v) is 4.11. The maximum Gasteiger partial charge on any atom is 0.308 e. The molecule has 0 radical (unpaired) electrons. The molecule has 0 aromatic heterocycles. The quantitative estimate of drug-likeness (QED) is 0.334. The lowest BCUT2D eigenvalue weighted by atomic mass is 10.1. The van der Waals surface area contributed by atoms with Crippen LogP contribution in [-0.2, 0) is 14.3 Å². The van der Waals surface area contributed by atoms with E-state index in [4.69, 9.17) is 21.1 Å². The van der Waals surface area contributed by atoms with Gasteiger partial charge < -0.3 is 9.47 Å². The van der Waals surface area contributed by atoms with Gasteiger partial charge in [-0.3, -0.25) is 19.7 Å². The van der Waals surface area contributed by atoms with Gasteiger partial charge in [0, 0.05) is 31.5 Å². The van der Waals surface area contributed by atoms with E-state index in [1.165, 1.54) is 32.0 Å². The fraction of sp³-hybridized carbons (Fsp3) is 0.167. The Morgan fingerprint density at radius 1 is 1.21 bits per heavy atom. The Morgan fingerprint density at radius 3 is 2.46 bits per heavy atom. The van der Waals surface area contributed by atoms with Crippen LogP contribution in [0.25, 0.3) is 0 Å². The molecule has 9 nitrogen and oxygen atoms in total. The SMILES string of the molecule is CC(=O)Oc1ccc([C@H]2OC(c3cc([N+](=O)[O-])ccc3Cl)=NN2C(C)=O)cc1. The fourth-order valence-corrected chi connectivity index (χ4v) is 2.75. The van der Waals surface area contributed by atoms with Crippen LogP contribution in [0.15, 0.2) is 47.6 Å². The van der Waals surface area contributed by atoms with Gasteiger partial charge in [-0.25, -0.2) is 0 Å². The van der Waals surface area contributed by atoms with Crippen molar-refractivity contribution in [1.29, 1.82) is 0 Å². The number of carbonyl (C=O) groups excluding carboxylic acids is 2. The number of non-ortho nitro benzene ring substituents is 1. The maximum atomic E-state index is 12.0. The Hall–Kier alpha value is -3.46. The molecule has 28 heavy (non-hydrogen) atoms. The molecule has 3 rings (SSSR count). The summed E-state index contributed by atoms with van der Waals surface area (Å²) in [6.45, 7) is 2.60. The van der Waals surface area contributed by atoms with Gasteiger partial charge >= 0.3 is 5.97 Å². The third kappa shape index (κ3) is 3.94. The Kier molecular flexibility index (Phi) is 5.27. The summed E-state index contributed by atoms with van der Waals surface area (Å²) in [4.78, 5) is 33.5. The van der Waals surface area contributed by atoms with E-state index in [1.54, 1.807) is 24.3 Å². The number of amides is 1. The number of esters is 1. The summed E-state index contributed by atoms with van der Waals surface area (Å²) in [6.07, 6.45) is -0.894. The van der Waals surface area contributed by atoms with Crippen LogP contribution in [-0.4, -0.2) is 27.7 Å². The highest BCUT2D eigenvalue weighted by molar-refractivity contribution is 6.34. The van der Waals surface area contributed by atoms with Crippen molar-refractivity contribution in [3.8, 4) is 5.75 Å². The number of ether oxygens (including phenoxy) is 2.